The van der Waals surface area contributed by atoms with Gasteiger partial charge in [-0.2, -0.15) is 13.2 Å². The van der Waals surface area contributed by atoms with Gasteiger partial charge in [0.2, 0.25) is 5.91 Å². The number of carbonyl (C=O) groups excluding carboxylic acids is 1. The van der Waals surface area contributed by atoms with Crippen LogP contribution < -0.4 is 5.32 Å². The fourth-order valence-electron chi connectivity index (χ4n) is 3.30. The van der Waals surface area contributed by atoms with Crippen LogP contribution in [0.1, 0.15) is 41.5 Å². The Morgan fingerprint density at radius 1 is 1.07 bits per heavy atom. The minimum Gasteiger partial charge on any atom is -0.481 e. The van der Waals surface area contributed by atoms with E-state index in [2.05, 4.69) is 5.32 Å². The van der Waals surface area contributed by atoms with Crippen molar-refractivity contribution in [1.29, 1.82) is 0 Å². The molecule has 2 N–H and O–H groups in total. The Kier molecular flexibility index (Phi) is 5.21. The zero-order chi connectivity index (χ0) is 19.6. The number of hydrogen-bond acceptors (Lipinski definition) is 2. The summed E-state index contributed by atoms with van der Waals surface area (Å²) in [4.78, 5) is 23.6. The number of aliphatic carboxylic acids is 1. The van der Waals surface area contributed by atoms with Gasteiger partial charge in [-0.25, -0.2) is 0 Å². The molecular formula is C20H18F3NO3. The van der Waals surface area contributed by atoms with E-state index < -0.39 is 41.5 Å². The Bertz CT molecular complexity index is 836. The van der Waals surface area contributed by atoms with E-state index in [0.29, 0.717) is 12.0 Å². The third-order valence-corrected chi connectivity index (χ3v) is 4.69. The maximum atomic E-state index is 13.2. The van der Waals surface area contributed by atoms with Crippen molar-refractivity contribution < 1.29 is 27.9 Å². The van der Waals surface area contributed by atoms with Crippen molar-refractivity contribution in [2.45, 2.75) is 31.0 Å². The van der Waals surface area contributed by atoms with Gasteiger partial charge in [0.05, 0.1) is 18.0 Å². The molecule has 142 valence electrons. The van der Waals surface area contributed by atoms with Crippen LogP contribution in [-0.2, 0) is 15.8 Å². The first-order valence-electron chi connectivity index (χ1n) is 8.50. The third kappa shape index (κ3) is 4.48. The van der Waals surface area contributed by atoms with Gasteiger partial charge in [-0.15, -0.1) is 0 Å². The molecule has 0 aliphatic heterocycles. The number of carboxylic acids is 1. The Balaban J connectivity index is 1.74. The van der Waals surface area contributed by atoms with Crippen LogP contribution in [-0.4, -0.2) is 17.0 Å². The number of nitrogens with one attached hydrogen (secondary N) is 1. The first kappa shape index (κ1) is 18.9. The average Bonchev–Trinajstić information content (AvgIpc) is 3.41. The lowest BCUT2D eigenvalue weighted by atomic mass is 10.0. The molecule has 0 radical (unpaired) electrons. The molecule has 0 saturated heterocycles. The van der Waals surface area contributed by atoms with Crippen molar-refractivity contribution in [3.05, 3.63) is 71.3 Å². The van der Waals surface area contributed by atoms with Crippen LogP contribution >= 0.6 is 0 Å². The molecule has 27 heavy (non-hydrogen) atoms. The molecule has 3 rings (SSSR count). The van der Waals surface area contributed by atoms with Gasteiger partial charge in [0.1, 0.15) is 0 Å². The van der Waals surface area contributed by atoms with E-state index in [4.69, 9.17) is 5.11 Å². The predicted octanol–water partition coefficient (Wildman–Crippen LogP) is 4.14. The minimum absolute atomic E-state index is 0.111. The maximum Gasteiger partial charge on any atom is 0.416 e. The van der Waals surface area contributed by atoms with E-state index in [1.807, 2.05) is 0 Å². The highest BCUT2D eigenvalue weighted by molar-refractivity contribution is 5.84. The molecule has 1 saturated carbocycles. The zero-order valence-electron chi connectivity index (χ0n) is 14.2. The molecule has 1 fully saturated rings. The van der Waals surface area contributed by atoms with Crippen molar-refractivity contribution in [1.82, 2.24) is 5.32 Å². The first-order valence-corrected chi connectivity index (χ1v) is 8.50. The molecule has 7 heteroatoms. The van der Waals surface area contributed by atoms with Crippen molar-refractivity contribution in [2.24, 2.45) is 5.92 Å². The number of halogens is 3. The standard InChI is InChI=1S/C20H18F3NO3/c21-20(22,23)16-9-5-4-8-13(16)14-10-15(14)19(27)24-17(11-18(25)26)12-6-2-1-3-7-12/h1-9,14-15,17H,10-11H2,(H,24,27)(H,25,26). The van der Waals surface area contributed by atoms with Crippen LogP contribution in [0.15, 0.2) is 54.6 Å². The molecule has 0 bridgehead atoms. The van der Waals surface area contributed by atoms with Gasteiger partial charge in [-0.1, -0.05) is 48.5 Å². The van der Waals surface area contributed by atoms with Crippen LogP contribution in [0.3, 0.4) is 0 Å². The molecule has 2 aromatic rings. The summed E-state index contributed by atoms with van der Waals surface area (Å²) in [5.41, 5.74) is 0.0243. The van der Waals surface area contributed by atoms with Crippen LogP contribution in [0, 0.1) is 5.92 Å². The fourth-order valence-corrected chi connectivity index (χ4v) is 3.30. The molecular weight excluding hydrogens is 359 g/mol. The van der Waals surface area contributed by atoms with Gasteiger partial charge in [0.25, 0.3) is 0 Å². The van der Waals surface area contributed by atoms with E-state index >= 15 is 0 Å². The number of alkyl halides is 3. The smallest absolute Gasteiger partial charge is 0.416 e. The second-order valence-corrected chi connectivity index (χ2v) is 6.60. The molecule has 1 aliphatic carbocycles. The van der Waals surface area contributed by atoms with Gasteiger partial charge in [-0.3, -0.25) is 9.59 Å². The summed E-state index contributed by atoms with van der Waals surface area (Å²) in [6, 6.07) is 13.2. The van der Waals surface area contributed by atoms with E-state index in [1.165, 1.54) is 18.2 Å². The zero-order valence-corrected chi connectivity index (χ0v) is 14.2. The van der Waals surface area contributed by atoms with E-state index in [0.717, 1.165) is 6.07 Å². The number of carbonyl (C=O) groups is 2. The lowest BCUT2D eigenvalue weighted by molar-refractivity contribution is -0.139. The van der Waals surface area contributed by atoms with Gasteiger partial charge < -0.3 is 10.4 Å². The first-order chi connectivity index (χ1) is 12.8. The number of carboxylic acid groups (broad SMARTS) is 1. The van der Waals surface area contributed by atoms with E-state index in [1.54, 1.807) is 30.3 Å². The lowest BCUT2D eigenvalue weighted by Crippen LogP contribution is -2.31. The Labute approximate surface area is 154 Å². The molecule has 1 amide bonds. The van der Waals surface area contributed by atoms with E-state index in [9.17, 15) is 22.8 Å². The maximum absolute atomic E-state index is 13.2. The van der Waals surface area contributed by atoms with Crippen molar-refractivity contribution >= 4 is 11.9 Å². The Morgan fingerprint density at radius 3 is 2.33 bits per heavy atom. The predicted molar refractivity (Wildman–Crippen MR) is 91.9 cm³/mol. The molecule has 2 aromatic carbocycles. The van der Waals surface area contributed by atoms with Crippen molar-refractivity contribution in [3.8, 4) is 0 Å². The number of benzene rings is 2. The number of hydrogen-bond donors (Lipinski definition) is 2. The molecule has 0 aromatic heterocycles. The van der Waals surface area contributed by atoms with Crippen LogP contribution in [0.5, 0.6) is 0 Å². The summed E-state index contributed by atoms with van der Waals surface area (Å²) in [6.07, 6.45) is -4.46. The van der Waals surface area contributed by atoms with Crippen LogP contribution in [0.4, 0.5) is 13.2 Å². The van der Waals surface area contributed by atoms with Crippen molar-refractivity contribution in [3.63, 3.8) is 0 Å². The Hall–Kier alpha value is -2.83. The monoisotopic (exact) mass is 377 g/mol. The van der Waals surface area contributed by atoms with Crippen molar-refractivity contribution in [2.75, 3.05) is 0 Å². The molecule has 0 spiro atoms. The fraction of sp³-hybridized carbons (Fsp3) is 0.300. The summed E-state index contributed by atoms with van der Waals surface area (Å²) >= 11 is 0. The third-order valence-electron chi connectivity index (χ3n) is 4.69. The average molecular weight is 377 g/mol. The summed E-state index contributed by atoms with van der Waals surface area (Å²) < 4.78 is 39.5. The van der Waals surface area contributed by atoms with Gasteiger partial charge in [0.15, 0.2) is 0 Å². The van der Waals surface area contributed by atoms with E-state index in [-0.39, 0.29) is 12.0 Å². The molecule has 3 unspecified atom stereocenters. The summed E-state index contributed by atoms with van der Waals surface area (Å²) in [5.74, 6) is -2.59. The molecule has 3 atom stereocenters. The molecule has 4 nitrogen and oxygen atoms in total. The summed E-state index contributed by atoms with van der Waals surface area (Å²) in [5, 5.41) is 11.8. The minimum atomic E-state index is -4.48. The summed E-state index contributed by atoms with van der Waals surface area (Å²) in [6.45, 7) is 0. The lowest BCUT2D eigenvalue weighted by Gasteiger charge is -2.18. The van der Waals surface area contributed by atoms with Crippen LogP contribution in [0.2, 0.25) is 0 Å². The van der Waals surface area contributed by atoms with Gasteiger partial charge >= 0.3 is 12.1 Å². The highest BCUT2D eigenvalue weighted by atomic mass is 19.4. The number of rotatable bonds is 6. The summed E-state index contributed by atoms with van der Waals surface area (Å²) in [7, 11) is 0. The quantitative estimate of drug-likeness (QED) is 0.795. The highest BCUT2D eigenvalue weighted by Crippen LogP contribution is 2.51. The molecule has 0 heterocycles. The molecule has 1 aliphatic rings. The largest absolute Gasteiger partial charge is 0.481 e. The second kappa shape index (κ2) is 7.42. The number of amides is 1. The SMILES string of the molecule is O=C(O)CC(NC(=O)C1CC1c1ccccc1C(F)(F)F)c1ccccc1. The van der Waals surface area contributed by atoms with Gasteiger partial charge in [-0.05, 0) is 29.5 Å². The second-order valence-electron chi connectivity index (χ2n) is 6.60. The highest BCUT2D eigenvalue weighted by Gasteiger charge is 2.48. The Morgan fingerprint density at radius 2 is 1.70 bits per heavy atom. The normalized spacial score (nSPS) is 20.0. The topological polar surface area (TPSA) is 66.4 Å². The van der Waals surface area contributed by atoms with Crippen LogP contribution in [0.25, 0.3) is 0 Å². The van der Waals surface area contributed by atoms with Gasteiger partial charge in [0, 0.05) is 5.92 Å².